The maximum Gasteiger partial charge on any atom is 0.416 e. The summed E-state index contributed by atoms with van der Waals surface area (Å²) >= 11 is 6.25. The van der Waals surface area contributed by atoms with Crippen LogP contribution in [0.5, 0.6) is 5.75 Å². The van der Waals surface area contributed by atoms with Crippen LogP contribution in [0.25, 0.3) is 0 Å². The molecule has 39 heavy (non-hydrogen) atoms. The number of nitrogens with one attached hydrogen (secondary N) is 1. The van der Waals surface area contributed by atoms with Crippen LogP contribution in [0.15, 0.2) is 30.3 Å². The summed E-state index contributed by atoms with van der Waals surface area (Å²) < 4.78 is 85.2. The van der Waals surface area contributed by atoms with E-state index in [2.05, 4.69) is 4.90 Å². The van der Waals surface area contributed by atoms with E-state index in [9.17, 15) is 30.8 Å². The highest BCUT2D eigenvalue weighted by Gasteiger charge is 2.41. The van der Waals surface area contributed by atoms with Gasteiger partial charge in [-0.1, -0.05) is 11.6 Å². The van der Waals surface area contributed by atoms with E-state index in [1.807, 2.05) is 0 Å². The van der Waals surface area contributed by atoms with Gasteiger partial charge in [0.25, 0.3) is 5.91 Å². The molecule has 6 nitrogen and oxygen atoms in total. The lowest BCUT2D eigenvalue weighted by molar-refractivity contribution is -0.137. The number of carbonyl (C=O) groups is 1. The lowest BCUT2D eigenvalue weighted by Gasteiger charge is -2.39. The second kappa shape index (κ2) is 10.6. The third kappa shape index (κ3) is 6.52. The van der Waals surface area contributed by atoms with Gasteiger partial charge >= 0.3 is 6.18 Å². The quantitative estimate of drug-likeness (QED) is 0.390. The van der Waals surface area contributed by atoms with Crippen LogP contribution in [-0.2, 0) is 22.7 Å². The van der Waals surface area contributed by atoms with Crippen LogP contribution in [0.1, 0.15) is 71.5 Å². The van der Waals surface area contributed by atoms with Crippen molar-refractivity contribution in [3.05, 3.63) is 63.4 Å². The number of hydrogen-bond acceptors (Lipinski definition) is 5. The number of hydrogen-bond donors (Lipinski definition) is 1. The number of nitrogens with zero attached hydrogens (tertiary/aromatic N) is 1. The van der Waals surface area contributed by atoms with Gasteiger partial charge in [0.2, 0.25) is 10.0 Å². The number of piperidine rings is 1. The van der Waals surface area contributed by atoms with Gasteiger partial charge in [0, 0.05) is 29.7 Å². The van der Waals surface area contributed by atoms with Gasteiger partial charge in [-0.05, 0) is 85.8 Å². The monoisotopic (exact) mass is 588 g/mol. The van der Waals surface area contributed by atoms with Crippen molar-refractivity contribution in [1.29, 1.82) is 0 Å². The number of benzene rings is 2. The maximum atomic E-state index is 14.8. The van der Waals surface area contributed by atoms with Gasteiger partial charge in [-0.2, -0.15) is 13.2 Å². The zero-order chi connectivity index (χ0) is 28.1. The van der Waals surface area contributed by atoms with E-state index in [0.717, 1.165) is 63.0 Å². The van der Waals surface area contributed by atoms with Crippen LogP contribution in [0, 0.1) is 11.7 Å². The van der Waals surface area contributed by atoms with Crippen LogP contribution in [0.3, 0.4) is 0 Å². The molecule has 2 aromatic rings. The minimum atomic E-state index is -4.43. The third-order valence-corrected chi connectivity index (χ3v) is 8.75. The smallest absolute Gasteiger partial charge is 0.416 e. The van der Waals surface area contributed by atoms with Gasteiger partial charge in [-0.3, -0.25) is 9.69 Å². The molecule has 212 valence electrons. The van der Waals surface area contributed by atoms with Gasteiger partial charge in [0.1, 0.15) is 11.6 Å². The number of sulfonamides is 1. The van der Waals surface area contributed by atoms with Crippen molar-refractivity contribution >= 4 is 27.5 Å². The first-order valence-corrected chi connectivity index (χ1v) is 15.1. The molecule has 12 heteroatoms. The Morgan fingerprint density at radius 3 is 2.36 bits per heavy atom. The Morgan fingerprint density at radius 2 is 1.77 bits per heavy atom. The number of alkyl halides is 3. The lowest BCUT2D eigenvalue weighted by Crippen LogP contribution is -2.43. The first kappa shape index (κ1) is 28.2. The number of carbonyl (C=O) groups excluding carboxylic acids is 1. The van der Waals surface area contributed by atoms with Crippen molar-refractivity contribution in [2.75, 3.05) is 12.9 Å². The van der Waals surface area contributed by atoms with Crippen LogP contribution >= 0.6 is 11.6 Å². The normalized spacial score (nSPS) is 23.6. The van der Waals surface area contributed by atoms with E-state index in [1.165, 1.54) is 12.1 Å². The summed E-state index contributed by atoms with van der Waals surface area (Å²) in [5.41, 5.74) is 0.0996. The molecule has 1 aliphatic carbocycles. The SMILES string of the molecule is CS(=O)(=O)NC(=O)c1cc(C2CC2)c(OC[C@@H]2CC3CC[C@@H](C2)N3Cc2cc(C(F)(F)F)ccc2Cl)cc1F. The Bertz CT molecular complexity index is 1370. The van der Waals surface area contributed by atoms with Gasteiger partial charge in [-0.25, -0.2) is 17.5 Å². The molecule has 3 fully saturated rings. The maximum absolute atomic E-state index is 14.8. The van der Waals surface area contributed by atoms with Gasteiger partial charge in [0.15, 0.2) is 0 Å². The summed E-state index contributed by atoms with van der Waals surface area (Å²) in [6.07, 6.45) is 1.59. The average molecular weight is 589 g/mol. The second-order valence-corrected chi connectivity index (χ2v) is 13.0. The third-order valence-electron chi connectivity index (χ3n) is 7.82. The van der Waals surface area contributed by atoms with Gasteiger partial charge in [0.05, 0.1) is 24.0 Å². The van der Waals surface area contributed by atoms with Crippen LogP contribution in [0.2, 0.25) is 5.02 Å². The second-order valence-electron chi connectivity index (χ2n) is 10.9. The molecular formula is C27H29ClF4N2O4S. The largest absolute Gasteiger partial charge is 0.493 e. The summed E-state index contributed by atoms with van der Waals surface area (Å²) in [5, 5.41) is 0.316. The molecule has 2 heterocycles. The van der Waals surface area contributed by atoms with Crippen molar-refractivity contribution in [3.8, 4) is 5.75 Å². The molecule has 2 aliphatic heterocycles. The van der Waals surface area contributed by atoms with Crippen molar-refractivity contribution in [3.63, 3.8) is 0 Å². The molecule has 3 aliphatic rings. The molecule has 5 rings (SSSR count). The van der Waals surface area contributed by atoms with Crippen molar-refractivity contribution in [2.45, 2.75) is 69.2 Å². The number of rotatable bonds is 8. The highest BCUT2D eigenvalue weighted by molar-refractivity contribution is 7.89. The molecule has 0 spiro atoms. The fraction of sp³-hybridized carbons (Fsp3) is 0.519. The molecule has 1 amide bonds. The van der Waals surface area contributed by atoms with Crippen molar-refractivity contribution in [2.24, 2.45) is 5.92 Å². The molecule has 0 aromatic heterocycles. The Kier molecular flexibility index (Phi) is 7.62. The number of halogens is 5. The van der Waals surface area contributed by atoms with Crippen molar-refractivity contribution in [1.82, 2.24) is 9.62 Å². The topological polar surface area (TPSA) is 75.7 Å². The molecule has 2 aromatic carbocycles. The molecule has 3 atom stereocenters. The van der Waals surface area contributed by atoms with E-state index < -0.39 is 33.5 Å². The number of fused-ring (bicyclic) bond motifs is 2. The Labute approximate surface area is 229 Å². The standard InChI is InChI=1S/C27H29ClF4N2O4S/c1-39(36,37)33-26(35)22-11-21(16-2-3-16)25(12-24(22)29)38-14-15-8-19-5-6-20(9-15)34(19)13-17-10-18(27(30,31)32)4-7-23(17)28/h4,7,10-12,15-16,19-20H,2-3,5-6,8-9,13-14H2,1H3,(H,33,35)/t15-,19-,20?/m0/s1. The average Bonchev–Trinajstić information content (AvgIpc) is 3.64. The Balaban J connectivity index is 1.25. The fourth-order valence-electron chi connectivity index (χ4n) is 5.87. The Hall–Kier alpha value is -2.37. The molecule has 1 N–H and O–H groups in total. The summed E-state index contributed by atoms with van der Waals surface area (Å²) in [6.45, 7) is 0.693. The first-order chi connectivity index (χ1) is 18.3. The van der Waals surface area contributed by atoms with E-state index in [4.69, 9.17) is 16.3 Å². The summed E-state index contributed by atoms with van der Waals surface area (Å²) in [5.74, 6) is -1.22. The lowest BCUT2D eigenvalue weighted by atomic mass is 9.90. The predicted octanol–water partition coefficient (Wildman–Crippen LogP) is 5.89. The fourth-order valence-corrected chi connectivity index (χ4v) is 6.49. The van der Waals surface area contributed by atoms with Crippen molar-refractivity contribution < 1.29 is 35.5 Å². The summed E-state index contributed by atoms with van der Waals surface area (Å²) in [7, 11) is -3.84. The van der Waals surface area contributed by atoms with Crippen LogP contribution in [-0.4, -0.2) is 44.2 Å². The highest BCUT2D eigenvalue weighted by atomic mass is 35.5. The number of ether oxygens (including phenoxy) is 1. The van der Waals surface area contributed by atoms with E-state index in [0.29, 0.717) is 35.1 Å². The van der Waals surface area contributed by atoms with E-state index in [1.54, 1.807) is 4.72 Å². The minimum Gasteiger partial charge on any atom is -0.493 e. The molecule has 2 bridgehead atoms. The van der Waals surface area contributed by atoms with E-state index >= 15 is 0 Å². The highest BCUT2D eigenvalue weighted by Crippen LogP contribution is 2.46. The number of amides is 1. The summed E-state index contributed by atoms with van der Waals surface area (Å²) in [6, 6.07) is 6.33. The molecule has 2 saturated heterocycles. The van der Waals surface area contributed by atoms with Crippen LogP contribution < -0.4 is 9.46 Å². The summed E-state index contributed by atoms with van der Waals surface area (Å²) in [4.78, 5) is 14.5. The minimum absolute atomic E-state index is 0.126. The first-order valence-electron chi connectivity index (χ1n) is 12.9. The molecule has 1 saturated carbocycles. The van der Waals surface area contributed by atoms with Gasteiger partial charge in [-0.15, -0.1) is 0 Å². The molecule has 0 radical (unpaired) electrons. The predicted molar refractivity (Wildman–Crippen MR) is 138 cm³/mol. The zero-order valence-corrected chi connectivity index (χ0v) is 22.8. The molecular weight excluding hydrogens is 560 g/mol. The molecule has 1 unspecified atom stereocenters. The van der Waals surface area contributed by atoms with E-state index in [-0.39, 0.29) is 29.5 Å². The van der Waals surface area contributed by atoms with Crippen LogP contribution in [0.4, 0.5) is 17.6 Å². The Morgan fingerprint density at radius 1 is 1.10 bits per heavy atom. The zero-order valence-electron chi connectivity index (χ0n) is 21.2. The van der Waals surface area contributed by atoms with Gasteiger partial charge < -0.3 is 4.74 Å².